The second kappa shape index (κ2) is 7.32. The summed E-state index contributed by atoms with van der Waals surface area (Å²) in [5, 5.41) is 0.824. The maximum Gasteiger partial charge on any atom is 0.0408 e. The van der Waals surface area contributed by atoms with Crippen molar-refractivity contribution in [3.8, 4) is 0 Å². The lowest BCUT2D eigenvalue weighted by Gasteiger charge is -2.16. The Morgan fingerprint density at radius 2 is 1.47 bits per heavy atom. The zero-order valence-electron chi connectivity index (χ0n) is 11.3. The quantitative estimate of drug-likeness (QED) is 0.767. The average Bonchev–Trinajstić information content (AvgIpc) is 2.44. The van der Waals surface area contributed by atoms with Gasteiger partial charge in [-0.05, 0) is 43.1 Å². The molecule has 0 heterocycles. The number of nitrogens with zero attached hydrogens (tertiary/aromatic N) is 1. The molecule has 0 bridgehead atoms. The van der Waals surface area contributed by atoms with Crippen LogP contribution in [-0.4, -0.2) is 25.0 Å². The number of hydrogen-bond donors (Lipinski definition) is 0. The average molecular weight is 274 g/mol. The van der Waals surface area contributed by atoms with Gasteiger partial charge in [0.25, 0.3) is 0 Å². The zero-order valence-corrected chi connectivity index (χ0v) is 12.1. The van der Waals surface area contributed by atoms with E-state index < -0.39 is 0 Å². The second-order valence-corrected chi connectivity index (χ2v) is 5.36. The monoisotopic (exact) mass is 273 g/mol. The number of benzene rings is 2. The van der Waals surface area contributed by atoms with Crippen molar-refractivity contribution in [3.05, 3.63) is 70.7 Å². The van der Waals surface area contributed by atoms with Crippen molar-refractivity contribution in [1.82, 2.24) is 4.90 Å². The molecule has 100 valence electrons. The van der Waals surface area contributed by atoms with E-state index in [1.165, 1.54) is 11.1 Å². The molecule has 0 amide bonds. The van der Waals surface area contributed by atoms with E-state index in [9.17, 15) is 0 Å². The molecule has 0 radical (unpaired) electrons. The van der Waals surface area contributed by atoms with E-state index in [4.69, 9.17) is 11.6 Å². The van der Waals surface area contributed by atoms with Gasteiger partial charge < -0.3 is 4.90 Å². The van der Waals surface area contributed by atoms with Crippen LogP contribution >= 0.6 is 11.6 Å². The third-order valence-corrected chi connectivity index (χ3v) is 3.53. The molecule has 1 nitrogen and oxygen atoms in total. The minimum absolute atomic E-state index is 0.824. The zero-order chi connectivity index (χ0) is 13.5. The first-order valence-electron chi connectivity index (χ1n) is 6.71. The van der Waals surface area contributed by atoms with Gasteiger partial charge in [-0.2, -0.15) is 0 Å². The van der Waals surface area contributed by atoms with Crippen molar-refractivity contribution in [2.45, 2.75) is 12.8 Å². The van der Waals surface area contributed by atoms with Gasteiger partial charge >= 0.3 is 0 Å². The minimum atomic E-state index is 0.824. The lowest BCUT2D eigenvalue weighted by Crippen LogP contribution is -2.23. The van der Waals surface area contributed by atoms with Gasteiger partial charge in [0.1, 0.15) is 0 Å². The van der Waals surface area contributed by atoms with E-state index >= 15 is 0 Å². The lowest BCUT2D eigenvalue weighted by molar-refractivity contribution is 0.343. The molecule has 0 unspecified atom stereocenters. The molecule has 0 aliphatic heterocycles. The van der Waals surface area contributed by atoms with Crippen LogP contribution < -0.4 is 0 Å². The summed E-state index contributed by atoms with van der Waals surface area (Å²) in [7, 11) is 2.17. The maximum atomic E-state index is 5.99. The Morgan fingerprint density at radius 1 is 0.842 bits per heavy atom. The van der Waals surface area contributed by atoms with Crippen molar-refractivity contribution in [1.29, 1.82) is 0 Å². The lowest BCUT2D eigenvalue weighted by atomic mass is 10.1. The molecule has 0 aromatic heterocycles. The summed E-state index contributed by atoms with van der Waals surface area (Å²) in [4.78, 5) is 2.37. The third-order valence-electron chi connectivity index (χ3n) is 3.30. The van der Waals surface area contributed by atoms with Gasteiger partial charge in [-0.1, -0.05) is 54.1 Å². The van der Waals surface area contributed by atoms with Crippen LogP contribution in [0.2, 0.25) is 5.02 Å². The number of rotatable bonds is 6. The molecule has 2 heteroatoms. The summed E-state index contributed by atoms with van der Waals surface area (Å²) < 4.78 is 0. The Morgan fingerprint density at radius 3 is 2.16 bits per heavy atom. The Balaban J connectivity index is 1.74. The van der Waals surface area contributed by atoms with Crippen LogP contribution in [0.1, 0.15) is 11.1 Å². The topological polar surface area (TPSA) is 3.24 Å². The minimum Gasteiger partial charge on any atom is -0.306 e. The molecular formula is C17H20ClN. The van der Waals surface area contributed by atoms with Crippen LogP contribution in [0, 0.1) is 0 Å². The Bertz CT molecular complexity index is 496. The normalized spacial score (nSPS) is 10.9. The van der Waals surface area contributed by atoms with Crippen LogP contribution in [0.3, 0.4) is 0 Å². The SMILES string of the molecule is CN(CCc1ccccc1)CCc1cccc(Cl)c1. The molecule has 0 atom stereocenters. The van der Waals surface area contributed by atoms with Gasteiger partial charge in [0.2, 0.25) is 0 Å². The van der Waals surface area contributed by atoms with E-state index in [1.807, 2.05) is 18.2 Å². The fraction of sp³-hybridized carbons (Fsp3) is 0.294. The van der Waals surface area contributed by atoms with Gasteiger partial charge in [0.15, 0.2) is 0 Å². The van der Waals surface area contributed by atoms with E-state index in [0.717, 1.165) is 31.0 Å². The van der Waals surface area contributed by atoms with Crippen LogP contribution in [0.4, 0.5) is 0 Å². The van der Waals surface area contributed by atoms with Crippen LogP contribution in [-0.2, 0) is 12.8 Å². The number of halogens is 1. The molecule has 0 N–H and O–H groups in total. The first-order chi connectivity index (χ1) is 9.24. The Kier molecular flexibility index (Phi) is 5.44. The summed E-state index contributed by atoms with van der Waals surface area (Å²) in [5.74, 6) is 0. The predicted molar refractivity (Wildman–Crippen MR) is 82.8 cm³/mol. The molecule has 2 rings (SSSR count). The highest BCUT2D eigenvalue weighted by atomic mass is 35.5. The van der Waals surface area contributed by atoms with Crippen molar-refractivity contribution < 1.29 is 0 Å². The van der Waals surface area contributed by atoms with Crippen LogP contribution in [0.15, 0.2) is 54.6 Å². The summed E-state index contributed by atoms with van der Waals surface area (Å²) in [6.45, 7) is 2.15. The van der Waals surface area contributed by atoms with Crippen LogP contribution in [0.25, 0.3) is 0 Å². The van der Waals surface area contributed by atoms with E-state index in [2.05, 4.69) is 48.3 Å². The van der Waals surface area contributed by atoms with Gasteiger partial charge in [0.05, 0.1) is 0 Å². The third kappa shape index (κ3) is 5.06. The van der Waals surface area contributed by atoms with Gasteiger partial charge in [-0.3, -0.25) is 0 Å². The van der Waals surface area contributed by atoms with Crippen molar-refractivity contribution in [2.24, 2.45) is 0 Å². The molecule has 0 fully saturated rings. The summed E-state index contributed by atoms with van der Waals surface area (Å²) in [6.07, 6.45) is 2.15. The standard InChI is InChI=1S/C17H20ClN/c1-19(12-10-15-6-3-2-4-7-15)13-11-16-8-5-9-17(18)14-16/h2-9,14H,10-13H2,1H3. The molecule has 0 saturated carbocycles. The van der Waals surface area contributed by atoms with Crippen molar-refractivity contribution in [3.63, 3.8) is 0 Å². The highest BCUT2D eigenvalue weighted by Gasteiger charge is 2.01. The smallest absolute Gasteiger partial charge is 0.0408 e. The number of hydrogen-bond acceptors (Lipinski definition) is 1. The number of likely N-dealkylation sites (N-methyl/N-ethyl adjacent to an activating group) is 1. The molecule has 0 spiro atoms. The fourth-order valence-corrected chi connectivity index (χ4v) is 2.30. The Labute approximate surface area is 120 Å². The van der Waals surface area contributed by atoms with E-state index in [0.29, 0.717) is 0 Å². The van der Waals surface area contributed by atoms with Crippen molar-refractivity contribution >= 4 is 11.6 Å². The van der Waals surface area contributed by atoms with Crippen molar-refractivity contribution in [2.75, 3.05) is 20.1 Å². The fourth-order valence-electron chi connectivity index (χ4n) is 2.09. The highest BCUT2D eigenvalue weighted by Crippen LogP contribution is 2.11. The maximum absolute atomic E-state index is 5.99. The largest absolute Gasteiger partial charge is 0.306 e. The predicted octanol–water partition coefficient (Wildman–Crippen LogP) is 4.06. The first-order valence-corrected chi connectivity index (χ1v) is 7.09. The summed E-state index contributed by atoms with van der Waals surface area (Å²) in [5.41, 5.74) is 2.70. The molecule has 19 heavy (non-hydrogen) atoms. The first kappa shape index (κ1) is 14.1. The summed E-state index contributed by atoms with van der Waals surface area (Å²) >= 11 is 5.99. The molecule has 2 aromatic rings. The van der Waals surface area contributed by atoms with Crippen LogP contribution in [0.5, 0.6) is 0 Å². The summed E-state index contributed by atoms with van der Waals surface area (Å²) in [6, 6.07) is 18.7. The molecule has 2 aromatic carbocycles. The van der Waals surface area contributed by atoms with Gasteiger partial charge in [-0.15, -0.1) is 0 Å². The Hall–Kier alpha value is -1.31. The van der Waals surface area contributed by atoms with E-state index in [-0.39, 0.29) is 0 Å². The molecule has 0 aliphatic carbocycles. The molecule has 0 aliphatic rings. The molecule has 0 saturated heterocycles. The van der Waals surface area contributed by atoms with E-state index in [1.54, 1.807) is 0 Å². The molecular weight excluding hydrogens is 254 g/mol. The van der Waals surface area contributed by atoms with Gasteiger partial charge in [0, 0.05) is 18.1 Å². The second-order valence-electron chi connectivity index (χ2n) is 4.92. The highest BCUT2D eigenvalue weighted by molar-refractivity contribution is 6.30. The van der Waals surface area contributed by atoms with Gasteiger partial charge in [-0.25, -0.2) is 0 Å².